The van der Waals surface area contributed by atoms with Gasteiger partial charge in [0.25, 0.3) is 0 Å². The average molecular weight is 463 g/mol. The zero-order valence-electron chi connectivity index (χ0n) is 21.2. The number of carbonyl (C=O) groups excluding carboxylic acids is 2. The van der Waals surface area contributed by atoms with Gasteiger partial charge in [0.05, 0.1) is 39.3 Å². The standard InChI is InChI=1S/C24H46O8/c1-7-11-17-27-23(5,28-18-12-8-2)31-21(25)15-16-22(26)32-24(6,29-19-13-9-3)30-20-14-10-4/h7-20H2,1-6H3. The van der Waals surface area contributed by atoms with Gasteiger partial charge in [-0.3, -0.25) is 9.59 Å². The summed E-state index contributed by atoms with van der Waals surface area (Å²) in [6.07, 6.45) is 6.77. The fourth-order valence-electron chi connectivity index (χ4n) is 2.53. The molecule has 0 spiro atoms. The van der Waals surface area contributed by atoms with Gasteiger partial charge >= 0.3 is 23.9 Å². The summed E-state index contributed by atoms with van der Waals surface area (Å²) in [7, 11) is 0. The molecule has 0 heterocycles. The summed E-state index contributed by atoms with van der Waals surface area (Å²) in [5.41, 5.74) is 0. The second-order valence-electron chi connectivity index (χ2n) is 7.98. The molecule has 8 nitrogen and oxygen atoms in total. The van der Waals surface area contributed by atoms with Crippen LogP contribution >= 0.6 is 0 Å². The first-order valence-corrected chi connectivity index (χ1v) is 12.2. The Morgan fingerprint density at radius 1 is 0.531 bits per heavy atom. The van der Waals surface area contributed by atoms with Crippen molar-refractivity contribution in [3.8, 4) is 0 Å². The van der Waals surface area contributed by atoms with E-state index in [4.69, 9.17) is 28.4 Å². The van der Waals surface area contributed by atoms with Crippen LogP contribution in [0, 0.1) is 0 Å². The zero-order chi connectivity index (χ0) is 24.3. The highest BCUT2D eigenvalue weighted by Crippen LogP contribution is 2.20. The number of rotatable bonds is 21. The summed E-state index contributed by atoms with van der Waals surface area (Å²) in [6.45, 7) is 13.0. The van der Waals surface area contributed by atoms with E-state index in [0.717, 1.165) is 51.4 Å². The van der Waals surface area contributed by atoms with Gasteiger partial charge in [-0.2, -0.15) is 0 Å². The smallest absolute Gasteiger partial charge is 0.326 e. The van der Waals surface area contributed by atoms with E-state index in [1.807, 2.05) is 27.7 Å². The maximum absolute atomic E-state index is 12.4. The molecule has 32 heavy (non-hydrogen) atoms. The molecule has 0 bridgehead atoms. The topological polar surface area (TPSA) is 89.5 Å². The van der Waals surface area contributed by atoms with Crippen molar-refractivity contribution < 1.29 is 38.0 Å². The van der Waals surface area contributed by atoms with Gasteiger partial charge in [0.1, 0.15) is 0 Å². The zero-order valence-corrected chi connectivity index (χ0v) is 21.2. The Hall–Kier alpha value is -1.22. The van der Waals surface area contributed by atoms with Crippen molar-refractivity contribution in [2.24, 2.45) is 0 Å². The Bertz CT molecular complexity index is 430. The van der Waals surface area contributed by atoms with Crippen molar-refractivity contribution in [2.75, 3.05) is 26.4 Å². The van der Waals surface area contributed by atoms with E-state index in [-0.39, 0.29) is 12.8 Å². The Morgan fingerprint density at radius 2 is 0.781 bits per heavy atom. The predicted molar refractivity (Wildman–Crippen MR) is 122 cm³/mol. The highest BCUT2D eigenvalue weighted by atomic mass is 16.9. The molecule has 0 aliphatic carbocycles. The number of hydrogen-bond acceptors (Lipinski definition) is 8. The summed E-state index contributed by atoms with van der Waals surface area (Å²) in [5, 5.41) is 0. The number of esters is 2. The van der Waals surface area contributed by atoms with Crippen molar-refractivity contribution >= 4 is 11.9 Å². The summed E-state index contributed by atoms with van der Waals surface area (Å²) >= 11 is 0. The van der Waals surface area contributed by atoms with Crippen molar-refractivity contribution in [3.63, 3.8) is 0 Å². The van der Waals surface area contributed by atoms with Gasteiger partial charge in [0.15, 0.2) is 0 Å². The molecule has 0 amide bonds. The molecule has 0 aliphatic heterocycles. The Labute approximate surface area is 194 Å². The minimum absolute atomic E-state index is 0.164. The van der Waals surface area contributed by atoms with Gasteiger partial charge < -0.3 is 28.4 Å². The fraction of sp³-hybridized carbons (Fsp3) is 0.917. The summed E-state index contributed by atoms with van der Waals surface area (Å²) in [6, 6.07) is 0. The van der Waals surface area contributed by atoms with Crippen LogP contribution in [0.3, 0.4) is 0 Å². The third-order valence-electron chi connectivity index (χ3n) is 4.58. The highest BCUT2D eigenvalue weighted by molar-refractivity contribution is 5.77. The highest BCUT2D eigenvalue weighted by Gasteiger charge is 2.33. The van der Waals surface area contributed by atoms with Crippen LogP contribution in [0.15, 0.2) is 0 Å². The van der Waals surface area contributed by atoms with Crippen LogP contribution < -0.4 is 0 Å². The Morgan fingerprint density at radius 3 is 1.00 bits per heavy atom. The SMILES string of the molecule is CCCCOC(C)(OCCCC)OC(=O)CCC(=O)OC(C)(OCCCC)OCCCC. The second kappa shape index (κ2) is 18.2. The third kappa shape index (κ3) is 15.6. The number of carbonyl (C=O) groups is 2. The molecule has 0 saturated carbocycles. The fourth-order valence-corrected chi connectivity index (χ4v) is 2.53. The molecule has 0 saturated heterocycles. The molecule has 190 valence electrons. The maximum atomic E-state index is 12.4. The van der Waals surface area contributed by atoms with Crippen molar-refractivity contribution in [1.82, 2.24) is 0 Å². The van der Waals surface area contributed by atoms with E-state index >= 15 is 0 Å². The maximum Gasteiger partial charge on any atom is 0.326 e. The quantitative estimate of drug-likeness (QED) is 0.126. The van der Waals surface area contributed by atoms with Gasteiger partial charge in [-0.05, 0) is 25.7 Å². The molecular formula is C24H46O8. The first kappa shape index (κ1) is 30.8. The van der Waals surface area contributed by atoms with Crippen LogP contribution in [0.25, 0.3) is 0 Å². The molecule has 0 rings (SSSR count). The minimum Gasteiger partial charge on any atom is -0.408 e. The van der Waals surface area contributed by atoms with E-state index in [9.17, 15) is 9.59 Å². The van der Waals surface area contributed by atoms with Crippen LogP contribution in [-0.2, 0) is 38.0 Å². The molecule has 0 N–H and O–H groups in total. The lowest BCUT2D eigenvalue weighted by Gasteiger charge is -2.30. The molecule has 0 aliphatic rings. The lowest BCUT2D eigenvalue weighted by atomic mass is 10.3. The van der Waals surface area contributed by atoms with Crippen LogP contribution in [-0.4, -0.2) is 50.3 Å². The van der Waals surface area contributed by atoms with E-state index in [1.54, 1.807) is 13.8 Å². The minimum atomic E-state index is -1.47. The number of hydrogen-bond donors (Lipinski definition) is 0. The van der Waals surface area contributed by atoms with Gasteiger partial charge in [0.2, 0.25) is 0 Å². The van der Waals surface area contributed by atoms with E-state index in [0.29, 0.717) is 26.4 Å². The van der Waals surface area contributed by atoms with Gasteiger partial charge in [-0.1, -0.05) is 53.4 Å². The molecule has 0 aromatic rings. The van der Waals surface area contributed by atoms with Crippen molar-refractivity contribution in [3.05, 3.63) is 0 Å². The van der Waals surface area contributed by atoms with Crippen molar-refractivity contribution in [2.45, 2.75) is 118 Å². The van der Waals surface area contributed by atoms with Gasteiger partial charge in [-0.25, -0.2) is 0 Å². The van der Waals surface area contributed by atoms with E-state index in [1.165, 1.54) is 0 Å². The molecule has 0 unspecified atom stereocenters. The molecule has 0 fully saturated rings. The van der Waals surface area contributed by atoms with Crippen LogP contribution in [0.5, 0.6) is 0 Å². The largest absolute Gasteiger partial charge is 0.408 e. The Kier molecular flexibility index (Phi) is 17.5. The summed E-state index contributed by atoms with van der Waals surface area (Å²) in [4.78, 5) is 24.7. The Balaban J connectivity index is 4.72. The molecule has 0 aromatic carbocycles. The molecular weight excluding hydrogens is 416 g/mol. The molecule has 0 aromatic heterocycles. The normalized spacial score (nSPS) is 12.1. The average Bonchev–Trinajstić information content (AvgIpc) is 2.73. The second-order valence-corrected chi connectivity index (χ2v) is 7.98. The number of unbranched alkanes of at least 4 members (excludes halogenated alkanes) is 4. The molecule has 8 heteroatoms. The summed E-state index contributed by atoms with van der Waals surface area (Å²) in [5.74, 6) is -4.13. The van der Waals surface area contributed by atoms with Crippen molar-refractivity contribution in [1.29, 1.82) is 0 Å². The van der Waals surface area contributed by atoms with E-state index in [2.05, 4.69) is 0 Å². The van der Waals surface area contributed by atoms with Gasteiger partial charge in [0, 0.05) is 13.8 Å². The molecule has 0 radical (unpaired) electrons. The third-order valence-corrected chi connectivity index (χ3v) is 4.58. The monoisotopic (exact) mass is 462 g/mol. The molecule has 0 atom stereocenters. The van der Waals surface area contributed by atoms with Crippen LogP contribution in [0.2, 0.25) is 0 Å². The predicted octanol–water partition coefficient (Wildman–Crippen LogP) is 5.47. The van der Waals surface area contributed by atoms with Crippen LogP contribution in [0.1, 0.15) is 106 Å². The first-order valence-electron chi connectivity index (χ1n) is 12.2. The number of ether oxygens (including phenoxy) is 6. The first-order chi connectivity index (χ1) is 15.2. The van der Waals surface area contributed by atoms with Crippen LogP contribution in [0.4, 0.5) is 0 Å². The van der Waals surface area contributed by atoms with E-state index < -0.39 is 23.9 Å². The lowest BCUT2D eigenvalue weighted by Crippen LogP contribution is -2.40. The summed E-state index contributed by atoms with van der Waals surface area (Å²) < 4.78 is 33.5. The lowest BCUT2D eigenvalue weighted by molar-refractivity contribution is -0.355. The van der Waals surface area contributed by atoms with Gasteiger partial charge in [-0.15, -0.1) is 0 Å².